The Labute approximate surface area is 100 Å². The van der Waals surface area contributed by atoms with Gasteiger partial charge in [-0.25, -0.2) is 0 Å². The fraction of sp³-hybridized carbons (Fsp3) is 0.857. The van der Waals surface area contributed by atoms with E-state index >= 15 is 0 Å². The van der Waals surface area contributed by atoms with Gasteiger partial charge in [-0.05, 0) is 44.6 Å². The summed E-state index contributed by atoms with van der Waals surface area (Å²) in [5.41, 5.74) is 1.72. The van der Waals surface area contributed by atoms with Gasteiger partial charge in [-0.2, -0.15) is 0 Å². The molecule has 0 aromatic heterocycles. The summed E-state index contributed by atoms with van der Waals surface area (Å²) in [4.78, 5) is 2.64. The summed E-state index contributed by atoms with van der Waals surface area (Å²) in [6, 6.07) is 0. The Morgan fingerprint density at radius 3 is 3.19 bits per heavy atom. The van der Waals surface area contributed by atoms with Crippen molar-refractivity contribution in [3.63, 3.8) is 0 Å². The number of nitrogens with zero attached hydrogens (tertiary/aromatic N) is 1. The lowest BCUT2D eigenvalue weighted by atomic mass is 9.97. The minimum atomic E-state index is 0.808. The Morgan fingerprint density at radius 2 is 2.38 bits per heavy atom. The third-order valence-corrected chi connectivity index (χ3v) is 3.80. The average molecular weight is 222 g/mol. The van der Waals surface area contributed by atoms with Crippen LogP contribution in [0.25, 0.3) is 0 Å². The van der Waals surface area contributed by atoms with Crippen LogP contribution in [0, 0.1) is 5.92 Å². The van der Waals surface area contributed by atoms with Crippen LogP contribution in [0.5, 0.6) is 0 Å². The van der Waals surface area contributed by atoms with E-state index in [1.807, 2.05) is 0 Å². The Kier molecular flexibility index (Phi) is 4.86. The number of allylic oxidation sites excluding steroid dienone is 1. The van der Waals surface area contributed by atoms with E-state index in [2.05, 4.69) is 23.2 Å². The number of rotatable bonds is 3. The van der Waals surface area contributed by atoms with Gasteiger partial charge in [0.25, 0.3) is 0 Å². The highest BCUT2D eigenvalue weighted by Crippen LogP contribution is 2.20. The first-order valence-corrected chi connectivity index (χ1v) is 6.95. The van der Waals surface area contributed by atoms with Crippen LogP contribution in [0.4, 0.5) is 0 Å². The standard InChI is InChI=1S/C14H26N2/c1-13-11-15-8-10-16(12-13)9-7-14-5-3-2-4-6-14/h5,13,15H,2-4,6-12H2,1H3. The monoisotopic (exact) mass is 222 g/mol. The molecule has 1 aliphatic carbocycles. The first kappa shape index (κ1) is 12.1. The maximum atomic E-state index is 3.51. The summed E-state index contributed by atoms with van der Waals surface area (Å²) in [5.74, 6) is 0.808. The van der Waals surface area contributed by atoms with E-state index in [1.165, 1.54) is 64.8 Å². The molecule has 1 saturated heterocycles. The first-order chi connectivity index (χ1) is 7.84. The topological polar surface area (TPSA) is 15.3 Å². The van der Waals surface area contributed by atoms with Gasteiger partial charge in [0.2, 0.25) is 0 Å². The molecule has 0 amide bonds. The highest BCUT2D eigenvalue weighted by Gasteiger charge is 2.14. The van der Waals surface area contributed by atoms with Gasteiger partial charge in [-0.15, -0.1) is 0 Å². The zero-order valence-corrected chi connectivity index (χ0v) is 10.7. The van der Waals surface area contributed by atoms with Crippen molar-refractivity contribution in [2.75, 3.05) is 32.7 Å². The highest BCUT2D eigenvalue weighted by molar-refractivity contribution is 5.05. The summed E-state index contributed by atoms with van der Waals surface area (Å²) < 4.78 is 0. The van der Waals surface area contributed by atoms with Crippen LogP contribution in [0.2, 0.25) is 0 Å². The maximum Gasteiger partial charge on any atom is 0.0107 e. The Balaban J connectivity index is 1.73. The molecule has 0 bridgehead atoms. The van der Waals surface area contributed by atoms with E-state index in [4.69, 9.17) is 0 Å². The molecule has 1 aliphatic heterocycles. The van der Waals surface area contributed by atoms with Crippen molar-refractivity contribution in [2.45, 2.75) is 39.0 Å². The van der Waals surface area contributed by atoms with Crippen molar-refractivity contribution in [3.05, 3.63) is 11.6 Å². The first-order valence-electron chi connectivity index (χ1n) is 6.95. The molecule has 2 heteroatoms. The van der Waals surface area contributed by atoms with Gasteiger partial charge in [-0.1, -0.05) is 18.6 Å². The van der Waals surface area contributed by atoms with Gasteiger partial charge in [0.15, 0.2) is 0 Å². The van der Waals surface area contributed by atoms with Crippen LogP contribution >= 0.6 is 0 Å². The lowest BCUT2D eigenvalue weighted by Gasteiger charge is -2.23. The van der Waals surface area contributed by atoms with Crippen molar-refractivity contribution in [3.8, 4) is 0 Å². The SMILES string of the molecule is CC1CNCCN(CCC2=CCCCC2)C1. The molecule has 92 valence electrons. The smallest absolute Gasteiger partial charge is 0.0107 e. The minimum absolute atomic E-state index is 0.808. The Morgan fingerprint density at radius 1 is 1.44 bits per heavy atom. The number of hydrogen-bond donors (Lipinski definition) is 1. The van der Waals surface area contributed by atoms with Crippen molar-refractivity contribution < 1.29 is 0 Å². The highest BCUT2D eigenvalue weighted by atomic mass is 15.2. The molecule has 1 fully saturated rings. The lowest BCUT2D eigenvalue weighted by molar-refractivity contribution is 0.266. The fourth-order valence-electron chi connectivity index (χ4n) is 2.82. The molecule has 0 radical (unpaired) electrons. The molecule has 0 aromatic carbocycles. The second kappa shape index (κ2) is 6.41. The van der Waals surface area contributed by atoms with Crippen molar-refractivity contribution in [1.29, 1.82) is 0 Å². The molecular weight excluding hydrogens is 196 g/mol. The van der Waals surface area contributed by atoms with Gasteiger partial charge in [0.1, 0.15) is 0 Å². The lowest BCUT2D eigenvalue weighted by Crippen LogP contribution is -2.30. The van der Waals surface area contributed by atoms with Crippen LogP contribution in [0.1, 0.15) is 39.0 Å². The maximum absolute atomic E-state index is 3.51. The zero-order valence-electron chi connectivity index (χ0n) is 10.7. The third kappa shape index (κ3) is 3.91. The molecule has 2 rings (SSSR count). The largest absolute Gasteiger partial charge is 0.315 e. The van der Waals surface area contributed by atoms with E-state index in [0.29, 0.717) is 0 Å². The van der Waals surface area contributed by atoms with E-state index in [1.54, 1.807) is 5.57 Å². The van der Waals surface area contributed by atoms with Crippen molar-refractivity contribution in [1.82, 2.24) is 10.2 Å². The summed E-state index contributed by atoms with van der Waals surface area (Å²) in [6.45, 7) is 8.50. The summed E-state index contributed by atoms with van der Waals surface area (Å²) in [7, 11) is 0. The summed E-state index contributed by atoms with van der Waals surface area (Å²) >= 11 is 0. The molecule has 2 aliphatic rings. The molecule has 1 atom stereocenters. The normalized spacial score (nSPS) is 28.6. The molecule has 16 heavy (non-hydrogen) atoms. The van der Waals surface area contributed by atoms with E-state index < -0.39 is 0 Å². The van der Waals surface area contributed by atoms with Crippen LogP contribution in [0.15, 0.2) is 11.6 Å². The van der Waals surface area contributed by atoms with Crippen molar-refractivity contribution >= 4 is 0 Å². The van der Waals surface area contributed by atoms with Crippen LogP contribution in [-0.2, 0) is 0 Å². The molecule has 1 unspecified atom stereocenters. The minimum Gasteiger partial charge on any atom is -0.315 e. The van der Waals surface area contributed by atoms with Gasteiger partial charge in [0.05, 0.1) is 0 Å². The molecular formula is C14H26N2. The summed E-state index contributed by atoms with van der Waals surface area (Å²) in [6.07, 6.45) is 9.32. The van der Waals surface area contributed by atoms with Crippen molar-refractivity contribution in [2.24, 2.45) is 5.92 Å². The number of nitrogens with one attached hydrogen (secondary N) is 1. The van der Waals surface area contributed by atoms with Gasteiger partial charge in [-0.3, -0.25) is 0 Å². The number of hydrogen-bond acceptors (Lipinski definition) is 2. The molecule has 0 aromatic rings. The van der Waals surface area contributed by atoms with Gasteiger partial charge < -0.3 is 10.2 Å². The van der Waals surface area contributed by atoms with Crippen LogP contribution in [0.3, 0.4) is 0 Å². The second-order valence-corrected chi connectivity index (χ2v) is 5.47. The van der Waals surface area contributed by atoms with E-state index in [0.717, 1.165) is 5.92 Å². The predicted octanol–water partition coefficient (Wildman–Crippen LogP) is 2.42. The molecule has 1 heterocycles. The van der Waals surface area contributed by atoms with Gasteiger partial charge >= 0.3 is 0 Å². The predicted molar refractivity (Wildman–Crippen MR) is 69.6 cm³/mol. The Bertz CT molecular complexity index is 235. The molecule has 0 spiro atoms. The van der Waals surface area contributed by atoms with Crippen LogP contribution in [-0.4, -0.2) is 37.6 Å². The van der Waals surface area contributed by atoms with Gasteiger partial charge in [0, 0.05) is 26.2 Å². The zero-order chi connectivity index (χ0) is 11.2. The fourth-order valence-corrected chi connectivity index (χ4v) is 2.82. The van der Waals surface area contributed by atoms with Crippen LogP contribution < -0.4 is 5.32 Å². The quantitative estimate of drug-likeness (QED) is 0.738. The summed E-state index contributed by atoms with van der Waals surface area (Å²) in [5, 5.41) is 3.51. The van der Waals surface area contributed by atoms with E-state index in [-0.39, 0.29) is 0 Å². The second-order valence-electron chi connectivity index (χ2n) is 5.47. The average Bonchev–Trinajstić information content (AvgIpc) is 2.52. The Hall–Kier alpha value is -0.340. The third-order valence-electron chi connectivity index (χ3n) is 3.80. The molecule has 0 saturated carbocycles. The molecule has 1 N–H and O–H groups in total. The molecule has 2 nitrogen and oxygen atoms in total. The van der Waals surface area contributed by atoms with E-state index in [9.17, 15) is 0 Å².